The van der Waals surface area contributed by atoms with Crippen molar-refractivity contribution in [2.45, 2.75) is 64.7 Å². The van der Waals surface area contributed by atoms with Gasteiger partial charge in [-0.15, -0.1) is 0 Å². The first kappa shape index (κ1) is 19.3. The fourth-order valence-corrected chi connectivity index (χ4v) is 3.81. The minimum atomic E-state index is 0.746. The Morgan fingerprint density at radius 3 is 1.74 bits per heavy atom. The Hall–Kier alpha value is -2.44. The Labute approximate surface area is 165 Å². The summed E-state index contributed by atoms with van der Waals surface area (Å²) >= 11 is 0. The van der Waals surface area contributed by atoms with Crippen LogP contribution in [0.3, 0.4) is 0 Å². The van der Waals surface area contributed by atoms with E-state index in [1.165, 1.54) is 37.7 Å². The average molecular weight is 355 g/mol. The van der Waals surface area contributed by atoms with Gasteiger partial charge >= 0.3 is 0 Å². The molecule has 27 heavy (non-hydrogen) atoms. The Morgan fingerprint density at radius 2 is 1.22 bits per heavy atom. The Morgan fingerprint density at radius 1 is 0.704 bits per heavy atom. The number of benzene rings is 2. The van der Waals surface area contributed by atoms with E-state index in [1.807, 2.05) is 0 Å². The highest BCUT2D eigenvalue weighted by Crippen LogP contribution is 2.36. The van der Waals surface area contributed by atoms with Crippen molar-refractivity contribution in [2.24, 2.45) is 5.92 Å². The molecule has 0 amide bonds. The van der Waals surface area contributed by atoms with Gasteiger partial charge in [0.25, 0.3) is 0 Å². The lowest BCUT2D eigenvalue weighted by Crippen LogP contribution is -2.12. The summed E-state index contributed by atoms with van der Waals surface area (Å²) in [7, 11) is 0. The van der Waals surface area contributed by atoms with Crippen LogP contribution in [0.15, 0.2) is 48.5 Å². The van der Waals surface area contributed by atoms with E-state index in [0.717, 1.165) is 41.4 Å². The molecule has 0 aromatic heterocycles. The number of rotatable bonds is 3. The average Bonchev–Trinajstić information content (AvgIpc) is 2.74. The van der Waals surface area contributed by atoms with E-state index < -0.39 is 0 Å². The van der Waals surface area contributed by atoms with Gasteiger partial charge in [-0.1, -0.05) is 56.1 Å². The van der Waals surface area contributed by atoms with Crippen LogP contribution in [0, 0.1) is 29.6 Å². The monoisotopic (exact) mass is 354 g/mol. The zero-order valence-corrected chi connectivity index (χ0v) is 16.7. The number of hydrogen-bond acceptors (Lipinski definition) is 0. The highest BCUT2D eigenvalue weighted by atomic mass is 14.3. The lowest BCUT2D eigenvalue weighted by molar-refractivity contribution is 0.319. The van der Waals surface area contributed by atoms with Gasteiger partial charge in [0.05, 0.1) is 0 Å². The van der Waals surface area contributed by atoms with Crippen molar-refractivity contribution in [3.63, 3.8) is 0 Å². The molecule has 1 fully saturated rings. The Balaban J connectivity index is 1.60. The SMILES string of the molecule is CCCC#Cc1ccc(C#Cc2ccc([C@H]3CC[C@H](CC)CC3)cc2)cc1. The molecule has 0 N–H and O–H groups in total. The van der Waals surface area contributed by atoms with Gasteiger partial charge in [-0.3, -0.25) is 0 Å². The number of hydrogen-bond donors (Lipinski definition) is 0. The molecule has 138 valence electrons. The van der Waals surface area contributed by atoms with Gasteiger partial charge in [0.15, 0.2) is 0 Å². The summed E-state index contributed by atoms with van der Waals surface area (Å²) < 4.78 is 0. The molecule has 0 radical (unpaired) electrons. The lowest BCUT2D eigenvalue weighted by Gasteiger charge is -2.28. The van der Waals surface area contributed by atoms with E-state index in [4.69, 9.17) is 0 Å². The molecule has 0 nitrogen and oxygen atoms in total. The predicted octanol–water partition coefficient (Wildman–Crippen LogP) is 6.92. The number of unbranched alkanes of at least 4 members (excludes halogenated alkanes) is 1. The van der Waals surface area contributed by atoms with Crippen LogP contribution >= 0.6 is 0 Å². The topological polar surface area (TPSA) is 0 Å². The van der Waals surface area contributed by atoms with Crippen molar-refractivity contribution in [2.75, 3.05) is 0 Å². The fourth-order valence-electron chi connectivity index (χ4n) is 3.81. The lowest BCUT2D eigenvalue weighted by atomic mass is 9.78. The van der Waals surface area contributed by atoms with Crippen molar-refractivity contribution >= 4 is 0 Å². The summed E-state index contributed by atoms with van der Waals surface area (Å²) in [6.07, 6.45) is 8.87. The van der Waals surface area contributed by atoms with Crippen molar-refractivity contribution in [1.82, 2.24) is 0 Å². The summed E-state index contributed by atoms with van der Waals surface area (Å²) in [6, 6.07) is 17.2. The Bertz CT molecular complexity index is 823. The maximum Gasteiger partial charge on any atom is 0.0249 e. The maximum atomic E-state index is 3.29. The molecular weight excluding hydrogens is 324 g/mol. The zero-order chi connectivity index (χ0) is 18.9. The highest BCUT2D eigenvalue weighted by molar-refractivity contribution is 5.46. The highest BCUT2D eigenvalue weighted by Gasteiger charge is 2.20. The first-order valence-electron chi connectivity index (χ1n) is 10.5. The van der Waals surface area contributed by atoms with E-state index >= 15 is 0 Å². The summed E-state index contributed by atoms with van der Waals surface area (Å²) in [6.45, 7) is 4.47. The van der Waals surface area contributed by atoms with E-state index in [1.54, 1.807) is 0 Å². The largest absolute Gasteiger partial charge is 0.0979 e. The third kappa shape index (κ3) is 5.77. The molecule has 0 heteroatoms. The summed E-state index contributed by atoms with van der Waals surface area (Å²) in [4.78, 5) is 0. The molecule has 0 atom stereocenters. The third-order valence-electron chi connectivity index (χ3n) is 5.65. The summed E-state index contributed by atoms with van der Waals surface area (Å²) in [5, 5.41) is 0. The molecule has 0 saturated heterocycles. The molecule has 0 spiro atoms. The molecule has 2 aromatic rings. The minimum absolute atomic E-state index is 0.746. The second-order valence-corrected chi connectivity index (χ2v) is 7.63. The van der Waals surface area contributed by atoms with Crippen LogP contribution in [0.2, 0.25) is 0 Å². The summed E-state index contributed by atoms with van der Waals surface area (Å²) in [5.41, 5.74) is 4.69. The molecular formula is C27H30. The van der Waals surface area contributed by atoms with Gasteiger partial charge in [0.2, 0.25) is 0 Å². The van der Waals surface area contributed by atoms with Crippen molar-refractivity contribution in [3.05, 3.63) is 70.8 Å². The van der Waals surface area contributed by atoms with Gasteiger partial charge < -0.3 is 0 Å². The maximum absolute atomic E-state index is 3.29. The van der Waals surface area contributed by atoms with Crippen LogP contribution in [-0.4, -0.2) is 0 Å². The third-order valence-corrected chi connectivity index (χ3v) is 5.65. The summed E-state index contributed by atoms with van der Waals surface area (Å²) in [5.74, 6) is 14.6. The van der Waals surface area contributed by atoms with Crippen LogP contribution in [0.25, 0.3) is 0 Å². The molecule has 0 heterocycles. The first-order chi connectivity index (χ1) is 13.3. The second-order valence-electron chi connectivity index (χ2n) is 7.63. The fraction of sp³-hybridized carbons (Fsp3) is 0.407. The van der Waals surface area contributed by atoms with E-state index in [2.05, 4.69) is 86.1 Å². The van der Waals surface area contributed by atoms with Crippen molar-refractivity contribution < 1.29 is 0 Å². The van der Waals surface area contributed by atoms with Gasteiger partial charge in [0, 0.05) is 23.1 Å². The predicted molar refractivity (Wildman–Crippen MR) is 116 cm³/mol. The zero-order valence-electron chi connectivity index (χ0n) is 16.7. The van der Waals surface area contributed by atoms with Crippen LogP contribution in [-0.2, 0) is 0 Å². The van der Waals surface area contributed by atoms with E-state index in [-0.39, 0.29) is 0 Å². The molecule has 0 unspecified atom stereocenters. The van der Waals surface area contributed by atoms with Gasteiger partial charge in [-0.2, -0.15) is 0 Å². The Kier molecular flexibility index (Phi) is 7.19. The second kappa shape index (κ2) is 10.0. The van der Waals surface area contributed by atoms with Gasteiger partial charge in [0.1, 0.15) is 0 Å². The molecule has 1 aliphatic carbocycles. The van der Waals surface area contributed by atoms with Crippen molar-refractivity contribution in [3.8, 4) is 23.7 Å². The molecule has 1 aliphatic rings. The quantitative estimate of drug-likeness (QED) is 0.525. The minimum Gasteiger partial charge on any atom is -0.0979 e. The van der Waals surface area contributed by atoms with Gasteiger partial charge in [-0.05, 0) is 85.9 Å². The first-order valence-corrected chi connectivity index (χ1v) is 10.5. The van der Waals surface area contributed by atoms with Crippen LogP contribution in [0.4, 0.5) is 0 Å². The molecule has 0 aliphatic heterocycles. The van der Waals surface area contributed by atoms with Crippen molar-refractivity contribution in [1.29, 1.82) is 0 Å². The van der Waals surface area contributed by atoms with E-state index in [0.29, 0.717) is 0 Å². The molecule has 3 rings (SSSR count). The normalized spacial score (nSPS) is 18.7. The molecule has 2 aromatic carbocycles. The van der Waals surface area contributed by atoms with Crippen LogP contribution in [0.1, 0.15) is 87.0 Å². The smallest absolute Gasteiger partial charge is 0.0249 e. The standard InChI is InChI=1S/C27H30/c1-3-5-6-7-23-8-10-24(11-9-23)12-13-25-16-20-27(21-17-25)26-18-14-22(4-2)15-19-26/h8-11,16-17,20-22,26H,3-5,14-15,18-19H2,1-2H3/t22-,26-. The van der Waals surface area contributed by atoms with Crippen LogP contribution in [0.5, 0.6) is 0 Å². The van der Waals surface area contributed by atoms with Gasteiger partial charge in [-0.25, -0.2) is 0 Å². The molecule has 1 saturated carbocycles. The van der Waals surface area contributed by atoms with Crippen LogP contribution < -0.4 is 0 Å². The van der Waals surface area contributed by atoms with E-state index in [9.17, 15) is 0 Å². The molecule has 0 bridgehead atoms.